The second-order valence-corrected chi connectivity index (χ2v) is 5.31. The maximum absolute atomic E-state index is 13.3. The van der Waals surface area contributed by atoms with Crippen LogP contribution in [0.4, 0.5) is 17.6 Å². The Morgan fingerprint density at radius 2 is 1.92 bits per heavy atom. The van der Waals surface area contributed by atoms with Crippen LogP contribution in [0.1, 0.15) is 29.7 Å². The molecule has 0 aliphatic carbocycles. The molecule has 0 aliphatic rings. The Balaban J connectivity index is 2.02. The third kappa shape index (κ3) is 5.21. The summed E-state index contributed by atoms with van der Waals surface area (Å²) < 4.78 is 54.0. The third-order valence-corrected chi connectivity index (χ3v) is 3.48. The molecule has 0 aliphatic heterocycles. The van der Waals surface area contributed by atoms with Crippen molar-refractivity contribution in [2.45, 2.75) is 32.5 Å². The summed E-state index contributed by atoms with van der Waals surface area (Å²) in [4.78, 5) is 0. The van der Waals surface area contributed by atoms with E-state index in [0.29, 0.717) is 12.1 Å². The topological polar surface area (TPSA) is 41.5 Å². The summed E-state index contributed by atoms with van der Waals surface area (Å²) in [6.07, 6.45) is -4.73. The highest BCUT2D eigenvalue weighted by Gasteiger charge is 2.31. The molecule has 0 aromatic heterocycles. The number of benzene rings is 2. The molecule has 1 atom stereocenters. The predicted octanol–water partition coefficient (Wildman–Crippen LogP) is 4.07. The molecule has 2 aromatic rings. The van der Waals surface area contributed by atoms with E-state index in [-0.39, 0.29) is 17.4 Å². The molecule has 7 heteroatoms. The molecule has 3 nitrogen and oxygen atoms in total. The van der Waals surface area contributed by atoms with Gasteiger partial charge in [0.2, 0.25) is 0 Å². The first-order chi connectivity index (χ1) is 11.3. The zero-order valence-electron chi connectivity index (χ0n) is 12.9. The van der Waals surface area contributed by atoms with E-state index in [4.69, 9.17) is 5.11 Å². The quantitative estimate of drug-likeness (QED) is 0.777. The van der Waals surface area contributed by atoms with E-state index in [9.17, 15) is 17.6 Å². The first kappa shape index (κ1) is 18.2. The van der Waals surface area contributed by atoms with Gasteiger partial charge in [-0.3, -0.25) is 0 Å². The molecule has 0 fully saturated rings. The summed E-state index contributed by atoms with van der Waals surface area (Å²) >= 11 is 0. The summed E-state index contributed by atoms with van der Waals surface area (Å²) in [7, 11) is 0. The molecule has 2 N–H and O–H groups in total. The molecule has 0 saturated carbocycles. The highest BCUT2D eigenvalue weighted by molar-refractivity contribution is 5.31. The van der Waals surface area contributed by atoms with Crippen molar-refractivity contribution in [3.63, 3.8) is 0 Å². The Hall–Kier alpha value is -2.12. The highest BCUT2D eigenvalue weighted by Crippen LogP contribution is 2.25. The third-order valence-electron chi connectivity index (χ3n) is 3.48. The van der Waals surface area contributed by atoms with E-state index < -0.39 is 18.8 Å². The van der Waals surface area contributed by atoms with Gasteiger partial charge in [-0.25, -0.2) is 4.39 Å². The van der Waals surface area contributed by atoms with Gasteiger partial charge in [0.05, 0.1) is 6.61 Å². The van der Waals surface area contributed by atoms with E-state index in [1.165, 1.54) is 30.3 Å². The summed E-state index contributed by atoms with van der Waals surface area (Å²) in [6, 6.07) is 9.86. The van der Waals surface area contributed by atoms with Gasteiger partial charge in [0.1, 0.15) is 11.6 Å². The number of hydrogen-bond acceptors (Lipinski definition) is 3. The Morgan fingerprint density at radius 1 is 1.17 bits per heavy atom. The van der Waals surface area contributed by atoms with Crippen molar-refractivity contribution in [3.05, 3.63) is 65.0 Å². The van der Waals surface area contributed by atoms with Crippen molar-refractivity contribution < 1.29 is 27.4 Å². The molecular weight excluding hydrogens is 326 g/mol. The molecule has 2 aromatic carbocycles. The second kappa shape index (κ2) is 7.63. The summed E-state index contributed by atoms with van der Waals surface area (Å²) in [5.41, 5.74) is 1.58. The molecule has 0 amide bonds. The SMILES string of the molecule is CC(NCc1ccc(F)c(CO)c1)c1cccc(OC(F)(F)F)c1. The van der Waals surface area contributed by atoms with Crippen molar-refractivity contribution >= 4 is 0 Å². The highest BCUT2D eigenvalue weighted by atomic mass is 19.4. The lowest BCUT2D eigenvalue weighted by molar-refractivity contribution is -0.274. The van der Waals surface area contributed by atoms with E-state index in [2.05, 4.69) is 10.1 Å². The first-order valence-electron chi connectivity index (χ1n) is 7.26. The number of aliphatic hydroxyl groups is 1. The van der Waals surface area contributed by atoms with Gasteiger partial charge in [0.25, 0.3) is 0 Å². The molecule has 0 heterocycles. The van der Waals surface area contributed by atoms with Crippen LogP contribution < -0.4 is 10.1 Å². The minimum Gasteiger partial charge on any atom is -0.406 e. The van der Waals surface area contributed by atoms with Crippen molar-refractivity contribution in [3.8, 4) is 5.75 Å². The van der Waals surface area contributed by atoms with Gasteiger partial charge in [0.15, 0.2) is 0 Å². The van der Waals surface area contributed by atoms with Gasteiger partial charge in [0, 0.05) is 18.2 Å². The Bertz CT molecular complexity index is 689. The van der Waals surface area contributed by atoms with Gasteiger partial charge in [-0.2, -0.15) is 0 Å². The lowest BCUT2D eigenvalue weighted by atomic mass is 10.1. The van der Waals surface area contributed by atoms with Crippen LogP contribution >= 0.6 is 0 Å². The van der Waals surface area contributed by atoms with E-state index in [0.717, 1.165) is 5.56 Å². The lowest BCUT2D eigenvalue weighted by Gasteiger charge is -2.16. The number of aliphatic hydroxyl groups excluding tert-OH is 1. The van der Waals surface area contributed by atoms with Crippen molar-refractivity contribution in [1.29, 1.82) is 0 Å². The summed E-state index contributed by atoms with van der Waals surface area (Å²) in [5.74, 6) is -0.760. The molecule has 0 saturated heterocycles. The number of nitrogens with one attached hydrogen (secondary N) is 1. The Kier molecular flexibility index (Phi) is 5.80. The zero-order chi connectivity index (χ0) is 17.7. The second-order valence-electron chi connectivity index (χ2n) is 5.31. The fourth-order valence-electron chi connectivity index (χ4n) is 2.23. The normalized spacial score (nSPS) is 12.9. The number of hydrogen-bond donors (Lipinski definition) is 2. The molecular formula is C17H17F4NO2. The standard InChI is InChI=1S/C17H17F4NO2/c1-11(13-3-2-4-15(8-13)24-17(19,20)21)22-9-12-5-6-16(18)14(7-12)10-23/h2-8,11,22-23H,9-10H2,1H3. The van der Waals surface area contributed by atoms with Crippen LogP contribution in [0.25, 0.3) is 0 Å². The maximum Gasteiger partial charge on any atom is 0.573 e. The van der Waals surface area contributed by atoms with E-state index in [1.807, 2.05) is 0 Å². The van der Waals surface area contributed by atoms with Crippen molar-refractivity contribution in [1.82, 2.24) is 5.32 Å². The maximum atomic E-state index is 13.3. The number of ether oxygens (including phenoxy) is 1. The molecule has 0 spiro atoms. The fourth-order valence-corrected chi connectivity index (χ4v) is 2.23. The molecule has 130 valence electrons. The number of alkyl halides is 3. The summed E-state index contributed by atoms with van der Waals surface area (Å²) in [5, 5.41) is 12.2. The molecule has 1 unspecified atom stereocenters. The largest absolute Gasteiger partial charge is 0.573 e. The van der Waals surface area contributed by atoms with Crippen LogP contribution in [-0.4, -0.2) is 11.5 Å². The Morgan fingerprint density at radius 3 is 2.58 bits per heavy atom. The smallest absolute Gasteiger partial charge is 0.406 e. The zero-order valence-corrected chi connectivity index (χ0v) is 12.9. The molecule has 2 rings (SSSR count). The van der Waals surface area contributed by atoms with Gasteiger partial charge in [-0.1, -0.05) is 18.2 Å². The Labute approximate surface area is 136 Å². The minimum absolute atomic E-state index is 0.197. The van der Waals surface area contributed by atoms with Gasteiger partial charge < -0.3 is 15.2 Å². The first-order valence-corrected chi connectivity index (χ1v) is 7.26. The van der Waals surface area contributed by atoms with Gasteiger partial charge in [-0.05, 0) is 42.3 Å². The van der Waals surface area contributed by atoms with Crippen LogP contribution in [0.15, 0.2) is 42.5 Å². The van der Waals surface area contributed by atoms with Crippen LogP contribution in [-0.2, 0) is 13.2 Å². The predicted molar refractivity (Wildman–Crippen MR) is 80.7 cm³/mol. The number of rotatable bonds is 6. The average molecular weight is 343 g/mol. The van der Waals surface area contributed by atoms with Crippen LogP contribution in [0.3, 0.4) is 0 Å². The van der Waals surface area contributed by atoms with Gasteiger partial charge >= 0.3 is 6.36 Å². The van der Waals surface area contributed by atoms with Crippen LogP contribution in [0, 0.1) is 5.82 Å². The number of halogens is 4. The van der Waals surface area contributed by atoms with E-state index in [1.54, 1.807) is 19.1 Å². The monoisotopic (exact) mass is 343 g/mol. The van der Waals surface area contributed by atoms with Crippen molar-refractivity contribution in [2.24, 2.45) is 0 Å². The lowest BCUT2D eigenvalue weighted by Crippen LogP contribution is -2.19. The van der Waals surface area contributed by atoms with Crippen LogP contribution in [0.5, 0.6) is 5.75 Å². The van der Waals surface area contributed by atoms with Gasteiger partial charge in [-0.15, -0.1) is 13.2 Å². The molecule has 0 radical (unpaired) electrons. The summed E-state index contributed by atoms with van der Waals surface area (Å²) in [6.45, 7) is 1.77. The molecule has 24 heavy (non-hydrogen) atoms. The van der Waals surface area contributed by atoms with Crippen molar-refractivity contribution in [2.75, 3.05) is 0 Å². The average Bonchev–Trinajstić information content (AvgIpc) is 2.52. The molecule has 0 bridgehead atoms. The minimum atomic E-state index is -4.73. The van der Waals surface area contributed by atoms with Crippen LogP contribution in [0.2, 0.25) is 0 Å². The van der Waals surface area contributed by atoms with E-state index >= 15 is 0 Å². The fraction of sp³-hybridized carbons (Fsp3) is 0.294.